The highest BCUT2D eigenvalue weighted by Gasteiger charge is 2.07. The molecule has 0 bridgehead atoms. The molecule has 1 aromatic rings. The molecule has 5 heteroatoms. The molecule has 5 nitrogen and oxygen atoms in total. The first-order valence-electron chi connectivity index (χ1n) is 7.11. The van der Waals surface area contributed by atoms with Crippen molar-refractivity contribution in [1.29, 1.82) is 0 Å². The Labute approximate surface area is 121 Å². The van der Waals surface area contributed by atoms with Crippen molar-refractivity contribution in [2.45, 2.75) is 19.8 Å². The number of hydrogen-bond acceptors (Lipinski definition) is 4. The average molecular weight is 278 g/mol. The summed E-state index contributed by atoms with van der Waals surface area (Å²) in [7, 11) is 4.14. The Hall–Kier alpha value is -1.75. The number of nitrogens with zero attached hydrogens (tertiary/aromatic N) is 1. The van der Waals surface area contributed by atoms with Gasteiger partial charge in [0.05, 0.1) is 11.4 Å². The molecule has 1 rings (SSSR count). The number of hydrogen-bond donors (Lipinski definition) is 3. The largest absolute Gasteiger partial charge is 0.397 e. The number of carbonyl (C=O) groups excluding carboxylic acids is 1. The number of benzene rings is 1. The van der Waals surface area contributed by atoms with E-state index < -0.39 is 0 Å². The average Bonchev–Trinajstić information content (AvgIpc) is 2.40. The zero-order valence-electron chi connectivity index (χ0n) is 12.7. The topological polar surface area (TPSA) is 70.4 Å². The molecular weight excluding hydrogens is 252 g/mol. The van der Waals surface area contributed by atoms with Gasteiger partial charge >= 0.3 is 0 Å². The Balaban J connectivity index is 2.52. The minimum Gasteiger partial charge on any atom is -0.397 e. The van der Waals surface area contributed by atoms with E-state index in [0.717, 1.165) is 31.6 Å². The number of nitrogens with one attached hydrogen (secondary N) is 2. The van der Waals surface area contributed by atoms with Gasteiger partial charge in [0.25, 0.3) is 5.91 Å². The van der Waals surface area contributed by atoms with Crippen LogP contribution in [0, 0.1) is 0 Å². The van der Waals surface area contributed by atoms with Crippen LogP contribution in [-0.4, -0.2) is 44.5 Å². The number of nitrogens with two attached hydrogens (primary N) is 1. The molecule has 0 spiro atoms. The Bertz CT molecular complexity index is 432. The van der Waals surface area contributed by atoms with Crippen LogP contribution in [0.1, 0.15) is 30.1 Å². The maximum atomic E-state index is 11.8. The molecule has 0 radical (unpaired) electrons. The summed E-state index contributed by atoms with van der Waals surface area (Å²) in [6.45, 7) is 4.46. The molecule has 0 aliphatic heterocycles. The minimum absolute atomic E-state index is 0.0665. The van der Waals surface area contributed by atoms with Crippen LogP contribution in [0.3, 0.4) is 0 Å². The lowest BCUT2D eigenvalue weighted by Crippen LogP contribution is -2.22. The minimum atomic E-state index is -0.0665. The van der Waals surface area contributed by atoms with E-state index in [0.29, 0.717) is 17.8 Å². The van der Waals surface area contributed by atoms with Crippen molar-refractivity contribution in [1.82, 2.24) is 10.2 Å². The summed E-state index contributed by atoms with van der Waals surface area (Å²) in [5.41, 5.74) is 8.06. The molecule has 20 heavy (non-hydrogen) atoms. The van der Waals surface area contributed by atoms with E-state index >= 15 is 0 Å². The molecule has 0 saturated carbocycles. The molecular formula is C15H26N4O. The number of amides is 1. The van der Waals surface area contributed by atoms with Crippen molar-refractivity contribution in [3.63, 3.8) is 0 Å². The zero-order valence-corrected chi connectivity index (χ0v) is 12.7. The highest BCUT2D eigenvalue weighted by atomic mass is 16.1. The van der Waals surface area contributed by atoms with Crippen LogP contribution in [0.15, 0.2) is 18.2 Å². The molecule has 0 saturated heterocycles. The van der Waals surface area contributed by atoms with Crippen LogP contribution in [0.2, 0.25) is 0 Å². The molecule has 0 fully saturated rings. The summed E-state index contributed by atoms with van der Waals surface area (Å²) >= 11 is 0. The molecule has 0 aliphatic carbocycles. The summed E-state index contributed by atoms with van der Waals surface area (Å²) < 4.78 is 0. The third-order valence-electron chi connectivity index (χ3n) is 3.00. The fourth-order valence-corrected chi connectivity index (χ4v) is 1.89. The summed E-state index contributed by atoms with van der Waals surface area (Å²) in [5, 5.41) is 6.08. The Morgan fingerprint density at radius 1 is 1.30 bits per heavy atom. The SMILES string of the molecule is CCNC(=O)c1ccc(N)c(NCCCCN(C)C)c1. The van der Waals surface area contributed by atoms with Gasteiger partial charge in [-0.05, 0) is 58.6 Å². The van der Waals surface area contributed by atoms with Crippen LogP contribution in [0.4, 0.5) is 11.4 Å². The normalized spacial score (nSPS) is 10.6. The first kappa shape index (κ1) is 16.3. The van der Waals surface area contributed by atoms with E-state index in [2.05, 4.69) is 29.6 Å². The first-order chi connectivity index (χ1) is 9.54. The van der Waals surface area contributed by atoms with Gasteiger partial charge < -0.3 is 21.3 Å². The second kappa shape index (κ2) is 8.43. The quantitative estimate of drug-likeness (QED) is 0.501. The first-order valence-corrected chi connectivity index (χ1v) is 7.11. The van der Waals surface area contributed by atoms with Gasteiger partial charge in [0.1, 0.15) is 0 Å². The van der Waals surface area contributed by atoms with Gasteiger partial charge in [-0.2, -0.15) is 0 Å². The van der Waals surface area contributed by atoms with Crippen molar-refractivity contribution in [3.8, 4) is 0 Å². The van der Waals surface area contributed by atoms with Gasteiger partial charge in [-0.3, -0.25) is 4.79 Å². The van der Waals surface area contributed by atoms with Gasteiger partial charge in [-0.15, -0.1) is 0 Å². The third kappa shape index (κ3) is 5.48. The van der Waals surface area contributed by atoms with E-state index in [9.17, 15) is 4.79 Å². The fraction of sp³-hybridized carbons (Fsp3) is 0.533. The highest BCUT2D eigenvalue weighted by Crippen LogP contribution is 2.20. The van der Waals surface area contributed by atoms with E-state index in [1.165, 1.54) is 0 Å². The Morgan fingerprint density at radius 3 is 2.70 bits per heavy atom. The van der Waals surface area contributed by atoms with Gasteiger partial charge in [0, 0.05) is 18.7 Å². The lowest BCUT2D eigenvalue weighted by molar-refractivity contribution is 0.0956. The van der Waals surface area contributed by atoms with Gasteiger partial charge in [-0.1, -0.05) is 0 Å². The van der Waals surface area contributed by atoms with Crippen LogP contribution in [0.25, 0.3) is 0 Å². The van der Waals surface area contributed by atoms with Crippen LogP contribution >= 0.6 is 0 Å². The second-order valence-electron chi connectivity index (χ2n) is 5.10. The third-order valence-corrected chi connectivity index (χ3v) is 3.00. The molecule has 0 unspecified atom stereocenters. The molecule has 1 aromatic carbocycles. The summed E-state index contributed by atoms with van der Waals surface area (Å²) in [5.74, 6) is -0.0665. The predicted molar refractivity (Wildman–Crippen MR) is 85.1 cm³/mol. The van der Waals surface area contributed by atoms with Gasteiger partial charge in [0.2, 0.25) is 0 Å². The van der Waals surface area contributed by atoms with Crippen molar-refractivity contribution in [2.24, 2.45) is 0 Å². The molecule has 0 atom stereocenters. The van der Waals surface area contributed by atoms with Crippen LogP contribution in [0.5, 0.6) is 0 Å². The van der Waals surface area contributed by atoms with E-state index in [1.807, 2.05) is 13.0 Å². The number of unbranched alkanes of at least 4 members (excludes halogenated alkanes) is 1. The zero-order chi connectivity index (χ0) is 15.0. The smallest absolute Gasteiger partial charge is 0.251 e. The van der Waals surface area contributed by atoms with Crippen molar-refractivity contribution < 1.29 is 4.79 Å². The monoisotopic (exact) mass is 278 g/mol. The lowest BCUT2D eigenvalue weighted by atomic mass is 10.1. The summed E-state index contributed by atoms with van der Waals surface area (Å²) in [6.07, 6.45) is 2.21. The van der Waals surface area contributed by atoms with Gasteiger partial charge in [-0.25, -0.2) is 0 Å². The maximum absolute atomic E-state index is 11.8. The summed E-state index contributed by atoms with van der Waals surface area (Å²) in [6, 6.07) is 5.33. The Morgan fingerprint density at radius 2 is 2.05 bits per heavy atom. The van der Waals surface area contributed by atoms with Crippen LogP contribution in [-0.2, 0) is 0 Å². The van der Waals surface area contributed by atoms with Crippen molar-refractivity contribution in [3.05, 3.63) is 23.8 Å². The molecule has 0 aliphatic rings. The van der Waals surface area contributed by atoms with E-state index in [-0.39, 0.29) is 5.91 Å². The van der Waals surface area contributed by atoms with Crippen LogP contribution < -0.4 is 16.4 Å². The number of rotatable bonds is 8. The highest BCUT2D eigenvalue weighted by molar-refractivity contribution is 5.96. The molecule has 4 N–H and O–H groups in total. The lowest BCUT2D eigenvalue weighted by Gasteiger charge is -2.12. The number of anilines is 2. The standard InChI is InChI=1S/C15H26N4O/c1-4-17-15(20)12-7-8-13(16)14(11-12)18-9-5-6-10-19(2)3/h7-8,11,18H,4-6,9-10,16H2,1-3H3,(H,17,20). The van der Waals surface area contributed by atoms with E-state index in [1.54, 1.807) is 12.1 Å². The number of nitrogen functional groups attached to an aromatic ring is 1. The fourth-order valence-electron chi connectivity index (χ4n) is 1.89. The number of carbonyl (C=O) groups is 1. The summed E-state index contributed by atoms with van der Waals surface area (Å²) in [4.78, 5) is 13.9. The van der Waals surface area contributed by atoms with Crippen molar-refractivity contribution in [2.75, 3.05) is 44.8 Å². The molecule has 0 aromatic heterocycles. The molecule has 112 valence electrons. The van der Waals surface area contributed by atoms with Gasteiger partial charge in [0.15, 0.2) is 0 Å². The predicted octanol–water partition coefficient (Wildman–Crippen LogP) is 1.77. The molecule has 0 heterocycles. The molecule has 1 amide bonds. The Kier molecular flexibility index (Phi) is 6.87. The second-order valence-corrected chi connectivity index (χ2v) is 5.10. The van der Waals surface area contributed by atoms with Crippen molar-refractivity contribution >= 4 is 17.3 Å². The van der Waals surface area contributed by atoms with E-state index in [4.69, 9.17) is 5.73 Å². The maximum Gasteiger partial charge on any atom is 0.251 e.